The summed E-state index contributed by atoms with van der Waals surface area (Å²) < 4.78 is 5.27. The molecular formula is C19H19Cl2N3O3. The summed E-state index contributed by atoms with van der Waals surface area (Å²) in [5.41, 5.74) is 0.838. The summed E-state index contributed by atoms with van der Waals surface area (Å²) in [5.74, 6) is -0.0812. The van der Waals surface area contributed by atoms with Gasteiger partial charge in [0.2, 0.25) is 0 Å². The van der Waals surface area contributed by atoms with E-state index in [1.54, 1.807) is 41.6 Å². The van der Waals surface area contributed by atoms with Crippen LogP contribution in [-0.4, -0.2) is 47.9 Å². The number of benzene rings is 1. The molecule has 0 spiro atoms. The minimum absolute atomic E-state index is 0.00597. The minimum atomic E-state index is -0.224. The van der Waals surface area contributed by atoms with E-state index < -0.39 is 0 Å². The van der Waals surface area contributed by atoms with Gasteiger partial charge in [-0.3, -0.25) is 14.6 Å². The number of nitrogens with one attached hydrogen (secondary N) is 1. The molecule has 1 N–H and O–H groups in total. The van der Waals surface area contributed by atoms with E-state index in [1.807, 2.05) is 0 Å². The molecule has 0 aliphatic carbocycles. The van der Waals surface area contributed by atoms with Crippen molar-refractivity contribution in [3.05, 3.63) is 57.8 Å². The summed E-state index contributed by atoms with van der Waals surface area (Å²) in [6.45, 7) is 1.01. The van der Waals surface area contributed by atoms with Gasteiger partial charge in [0.15, 0.2) is 5.75 Å². The van der Waals surface area contributed by atoms with E-state index in [2.05, 4.69) is 10.3 Å². The molecule has 0 atom stereocenters. The fourth-order valence-corrected chi connectivity index (χ4v) is 3.55. The molecule has 6 nitrogen and oxygen atoms in total. The molecule has 0 bridgehead atoms. The van der Waals surface area contributed by atoms with Gasteiger partial charge in [0.1, 0.15) is 5.56 Å². The van der Waals surface area contributed by atoms with Crippen LogP contribution in [0.1, 0.15) is 33.6 Å². The van der Waals surface area contributed by atoms with Gasteiger partial charge >= 0.3 is 0 Å². The van der Waals surface area contributed by atoms with Crippen molar-refractivity contribution in [1.29, 1.82) is 0 Å². The maximum atomic E-state index is 12.9. The number of hydrogen-bond acceptors (Lipinski definition) is 4. The van der Waals surface area contributed by atoms with Crippen LogP contribution in [0.3, 0.4) is 0 Å². The topological polar surface area (TPSA) is 71.5 Å². The normalized spacial score (nSPS) is 14.7. The van der Waals surface area contributed by atoms with Crippen LogP contribution in [0.25, 0.3) is 0 Å². The van der Waals surface area contributed by atoms with E-state index in [0.29, 0.717) is 41.5 Å². The van der Waals surface area contributed by atoms with Crippen molar-refractivity contribution in [2.75, 3.05) is 20.2 Å². The average Bonchev–Trinajstić information content (AvgIpc) is 2.70. The Hall–Kier alpha value is -2.31. The molecule has 0 unspecified atom stereocenters. The van der Waals surface area contributed by atoms with Gasteiger partial charge in [0.25, 0.3) is 11.8 Å². The molecule has 1 aromatic heterocycles. The van der Waals surface area contributed by atoms with Crippen molar-refractivity contribution < 1.29 is 14.3 Å². The fraction of sp³-hybridized carbons (Fsp3) is 0.316. The lowest BCUT2D eigenvalue weighted by atomic mass is 10.0. The predicted molar refractivity (Wildman–Crippen MR) is 104 cm³/mol. The number of halogens is 2. The highest BCUT2D eigenvalue weighted by atomic mass is 35.5. The van der Waals surface area contributed by atoms with Gasteiger partial charge in [0.05, 0.1) is 17.2 Å². The number of rotatable bonds is 4. The number of carbonyl (C=O) groups excluding carboxylic acids is 2. The summed E-state index contributed by atoms with van der Waals surface area (Å²) in [5, 5.41) is 3.64. The van der Waals surface area contributed by atoms with Crippen LogP contribution in [0.15, 0.2) is 36.7 Å². The molecular weight excluding hydrogens is 389 g/mol. The highest BCUT2D eigenvalue weighted by Crippen LogP contribution is 2.35. The molecule has 1 aliphatic heterocycles. The Morgan fingerprint density at radius 1 is 1.11 bits per heavy atom. The van der Waals surface area contributed by atoms with Crippen LogP contribution in [-0.2, 0) is 0 Å². The summed E-state index contributed by atoms with van der Waals surface area (Å²) in [6, 6.07) is 6.52. The van der Waals surface area contributed by atoms with Crippen molar-refractivity contribution in [3.8, 4) is 5.75 Å². The van der Waals surface area contributed by atoms with E-state index in [0.717, 1.165) is 0 Å². The molecule has 8 heteroatoms. The third-order valence-corrected chi connectivity index (χ3v) is 5.15. The van der Waals surface area contributed by atoms with Gasteiger partial charge in [-0.1, -0.05) is 23.2 Å². The number of nitrogens with zero attached hydrogens (tertiary/aromatic N) is 2. The maximum absolute atomic E-state index is 12.9. The molecule has 3 rings (SSSR count). The number of carbonyl (C=O) groups is 2. The highest BCUT2D eigenvalue weighted by molar-refractivity contribution is 6.37. The summed E-state index contributed by atoms with van der Waals surface area (Å²) in [4.78, 5) is 30.8. The fourth-order valence-electron chi connectivity index (χ4n) is 3.09. The predicted octanol–water partition coefficient (Wildman–Crippen LogP) is 3.43. The summed E-state index contributed by atoms with van der Waals surface area (Å²) in [7, 11) is 1.45. The Kier molecular flexibility index (Phi) is 6.19. The largest absolute Gasteiger partial charge is 0.494 e. The van der Waals surface area contributed by atoms with Crippen molar-refractivity contribution >= 4 is 35.0 Å². The number of hydrogen-bond donors (Lipinski definition) is 1. The average molecular weight is 408 g/mol. The quantitative estimate of drug-likeness (QED) is 0.842. The highest BCUT2D eigenvalue weighted by Gasteiger charge is 2.28. The zero-order chi connectivity index (χ0) is 19.4. The number of likely N-dealkylation sites (tertiary alicyclic amines) is 1. The van der Waals surface area contributed by atoms with Crippen LogP contribution in [0.4, 0.5) is 0 Å². The number of ether oxygens (including phenoxy) is 1. The second-order valence-corrected chi connectivity index (χ2v) is 7.03. The van der Waals surface area contributed by atoms with Crippen LogP contribution in [0, 0.1) is 0 Å². The molecule has 1 fully saturated rings. The number of aromatic nitrogens is 1. The van der Waals surface area contributed by atoms with Crippen molar-refractivity contribution in [3.63, 3.8) is 0 Å². The van der Waals surface area contributed by atoms with Gasteiger partial charge in [-0.05, 0) is 37.1 Å². The second kappa shape index (κ2) is 8.59. The van der Waals surface area contributed by atoms with Crippen LogP contribution < -0.4 is 10.1 Å². The number of pyridine rings is 1. The van der Waals surface area contributed by atoms with Gasteiger partial charge < -0.3 is 15.0 Å². The molecule has 0 radical (unpaired) electrons. The molecule has 27 heavy (non-hydrogen) atoms. The molecule has 2 heterocycles. The number of piperidine rings is 1. The summed E-state index contributed by atoms with van der Waals surface area (Å²) >= 11 is 12.3. The van der Waals surface area contributed by atoms with Gasteiger partial charge in [-0.25, -0.2) is 0 Å². The summed E-state index contributed by atoms with van der Waals surface area (Å²) in [6.07, 6.45) is 4.47. The molecule has 1 aliphatic rings. The molecule has 2 amide bonds. The van der Waals surface area contributed by atoms with Crippen LogP contribution in [0.5, 0.6) is 5.75 Å². The molecule has 142 valence electrons. The Morgan fingerprint density at radius 2 is 1.74 bits per heavy atom. The van der Waals surface area contributed by atoms with Gasteiger partial charge in [0, 0.05) is 37.1 Å². The minimum Gasteiger partial charge on any atom is -0.494 e. The number of methoxy groups -OCH3 is 1. The lowest BCUT2D eigenvalue weighted by molar-refractivity contribution is 0.0695. The lowest BCUT2D eigenvalue weighted by Gasteiger charge is -2.33. The number of amides is 2. The van der Waals surface area contributed by atoms with Crippen molar-refractivity contribution in [2.24, 2.45) is 0 Å². The third kappa shape index (κ3) is 4.34. The monoisotopic (exact) mass is 407 g/mol. The lowest BCUT2D eigenvalue weighted by Crippen LogP contribution is -2.46. The first kappa shape index (κ1) is 19.5. The standard InChI is InChI=1S/C19H19Cl2N3O3/c1-27-17-15(21)3-2-14(20)16(17)19(26)24-10-6-13(7-11-24)23-18(25)12-4-8-22-9-5-12/h2-5,8-9,13H,6-7,10-11H2,1H3,(H,23,25). The molecule has 0 saturated carbocycles. The zero-order valence-electron chi connectivity index (χ0n) is 14.7. The molecule has 2 aromatic rings. The van der Waals surface area contributed by atoms with Gasteiger partial charge in [-0.2, -0.15) is 0 Å². The van der Waals surface area contributed by atoms with E-state index in [4.69, 9.17) is 27.9 Å². The van der Waals surface area contributed by atoms with E-state index in [9.17, 15) is 9.59 Å². The Bertz CT molecular complexity index is 838. The smallest absolute Gasteiger partial charge is 0.259 e. The SMILES string of the molecule is COc1c(Cl)ccc(Cl)c1C(=O)N1CCC(NC(=O)c2ccncc2)CC1. The van der Waals surface area contributed by atoms with E-state index >= 15 is 0 Å². The second-order valence-electron chi connectivity index (χ2n) is 6.21. The van der Waals surface area contributed by atoms with Crippen molar-refractivity contribution in [1.82, 2.24) is 15.2 Å². The first-order valence-corrected chi connectivity index (χ1v) is 9.29. The van der Waals surface area contributed by atoms with Gasteiger partial charge in [-0.15, -0.1) is 0 Å². The zero-order valence-corrected chi connectivity index (χ0v) is 16.3. The Balaban J connectivity index is 1.64. The van der Waals surface area contributed by atoms with E-state index in [-0.39, 0.29) is 29.2 Å². The Labute approximate surface area is 167 Å². The first-order chi connectivity index (χ1) is 13.0. The van der Waals surface area contributed by atoms with Crippen molar-refractivity contribution in [2.45, 2.75) is 18.9 Å². The molecule has 1 aromatic carbocycles. The Morgan fingerprint density at radius 3 is 2.37 bits per heavy atom. The maximum Gasteiger partial charge on any atom is 0.259 e. The molecule has 1 saturated heterocycles. The first-order valence-electron chi connectivity index (χ1n) is 8.53. The van der Waals surface area contributed by atoms with Crippen LogP contribution >= 0.6 is 23.2 Å². The van der Waals surface area contributed by atoms with Crippen LogP contribution in [0.2, 0.25) is 10.0 Å². The third-order valence-electron chi connectivity index (χ3n) is 4.54. The van der Waals surface area contributed by atoms with E-state index in [1.165, 1.54) is 7.11 Å².